The molecule has 5 nitrogen and oxygen atoms in total. The number of hydrogen-bond acceptors (Lipinski definition) is 4. The van der Waals surface area contributed by atoms with Crippen molar-refractivity contribution in [2.45, 2.75) is 64.7 Å². The van der Waals surface area contributed by atoms with E-state index >= 15 is 0 Å². The van der Waals surface area contributed by atoms with Gasteiger partial charge in [-0.15, -0.1) is 0 Å². The molecule has 2 aliphatic rings. The number of piperidine rings is 1. The second kappa shape index (κ2) is 6.63. The highest BCUT2D eigenvalue weighted by molar-refractivity contribution is 5.81. The van der Waals surface area contributed by atoms with Crippen LogP contribution in [0.5, 0.6) is 0 Å². The third-order valence-corrected chi connectivity index (χ3v) is 5.16. The number of aliphatic hydroxyl groups is 1. The van der Waals surface area contributed by atoms with Crippen LogP contribution in [-0.4, -0.2) is 53.9 Å². The lowest BCUT2D eigenvalue weighted by Gasteiger charge is -2.56. The fraction of sp³-hybridized carbons (Fsp3) is 0.938. The van der Waals surface area contributed by atoms with E-state index in [2.05, 4.69) is 13.8 Å². The van der Waals surface area contributed by atoms with Crippen LogP contribution < -0.4 is 5.73 Å². The standard InChI is InChI=1S/C16H30N2O3/c1-4-21-14-10-13(19)16(14)5-7-18(8-6-16)15(20)12(17)9-11(2)3/h11-14,19H,4-10,17H2,1-3H3. The zero-order valence-electron chi connectivity index (χ0n) is 13.5. The lowest BCUT2D eigenvalue weighted by atomic mass is 9.58. The minimum atomic E-state index is -0.395. The predicted octanol–water partition coefficient (Wildman–Crippen LogP) is 1.14. The molecule has 0 bridgehead atoms. The van der Waals surface area contributed by atoms with E-state index in [0.717, 1.165) is 25.7 Å². The summed E-state index contributed by atoms with van der Waals surface area (Å²) in [6.07, 6.45) is 2.96. The molecule has 2 rings (SSSR count). The van der Waals surface area contributed by atoms with Gasteiger partial charge < -0.3 is 20.5 Å². The van der Waals surface area contributed by atoms with E-state index in [4.69, 9.17) is 10.5 Å². The molecule has 1 heterocycles. The first-order valence-corrected chi connectivity index (χ1v) is 8.24. The molecule has 122 valence electrons. The average molecular weight is 298 g/mol. The van der Waals surface area contributed by atoms with Crippen molar-refractivity contribution >= 4 is 5.91 Å². The first-order chi connectivity index (χ1) is 9.90. The number of hydrogen-bond donors (Lipinski definition) is 2. The molecule has 1 spiro atoms. The van der Waals surface area contributed by atoms with Gasteiger partial charge in [0.15, 0.2) is 0 Å². The Kier molecular flexibility index (Phi) is 5.28. The molecule has 1 aliphatic carbocycles. The van der Waals surface area contributed by atoms with Gasteiger partial charge in [-0.05, 0) is 32.1 Å². The third-order valence-electron chi connectivity index (χ3n) is 5.16. The van der Waals surface area contributed by atoms with Gasteiger partial charge in [0.2, 0.25) is 5.91 Å². The van der Waals surface area contributed by atoms with Crippen LogP contribution in [0.1, 0.15) is 46.5 Å². The largest absolute Gasteiger partial charge is 0.392 e. The molecule has 0 aromatic heterocycles. The number of ether oxygens (including phenoxy) is 1. The van der Waals surface area contributed by atoms with Crippen LogP contribution >= 0.6 is 0 Å². The van der Waals surface area contributed by atoms with Crippen molar-refractivity contribution in [3.8, 4) is 0 Å². The van der Waals surface area contributed by atoms with Crippen LogP contribution in [-0.2, 0) is 9.53 Å². The molecule has 1 saturated carbocycles. The monoisotopic (exact) mass is 298 g/mol. The van der Waals surface area contributed by atoms with E-state index in [1.165, 1.54) is 0 Å². The highest BCUT2D eigenvalue weighted by atomic mass is 16.5. The van der Waals surface area contributed by atoms with Crippen LogP contribution in [0.3, 0.4) is 0 Å². The molecule has 0 radical (unpaired) electrons. The lowest BCUT2D eigenvalue weighted by Crippen LogP contribution is -2.63. The quantitative estimate of drug-likeness (QED) is 0.798. The van der Waals surface area contributed by atoms with Crippen LogP contribution in [0.4, 0.5) is 0 Å². The topological polar surface area (TPSA) is 75.8 Å². The Balaban J connectivity index is 1.89. The molecule has 0 aromatic rings. The smallest absolute Gasteiger partial charge is 0.239 e. The molecule has 2 fully saturated rings. The molecule has 1 aliphatic heterocycles. The van der Waals surface area contributed by atoms with Crippen molar-refractivity contribution < 1.29 is 14.6 Å². The maximum atomic E-state index is 12.3. The van der Waals surface area contributed by atoms with Crippen molar-refractivity contribution in [3.63, 3.8) is 0 Å². The second-order valence-corrected chi connectivity index (χ2v) is 6.99. The summed E-state index contributed by atoms with van der Waals surface area (Å²) < 4.78 is 5.75. The van der Waals surface area contributed by atoms with Gasteiger partial charge in [0.1, 0.15) is 0 Å². The van der Waals surface area contributed by atoms with Gasteiger partial charge in [-0.1, -0.05) is 13.8 Å². The summed E-state index contributed by atoms with van der Waals surface area (Å²) in [6.45, 7) is 8.20. The van der Waals surface area contributed by atoms with Crippen molar-refractivity contribution in [2.24, 2.45) is 17.1 Å². The number of nitrogens with two attached hydrogens (primary N) is 1. The highest BCUT2D eigenvalue weighted by Gasteiger charge is 2.56. The highest BCUT2D eigenvalue weighted by Crippen LogP contribution is 2.50. The molecule has 3 N–H and O–H groups in total. The van der Waals surface area contributed by atoms with Gasteiger partial charge in [0, 0.05) is 31.5 Å². The molecule has 0 aromatic carbocycles. The Morgan fingerprint density at radius 1 is 1.43 bits per heavy atom. The van der Waals surface area contributed by atoms with Crippen LogP contribution in [0.15, 0.2) is 0 Å². The average Bonchev–Trinajstić information content (AvgIpc) is 2.45. The normalized spacial score (nSPS) is 29.5. The van der Waals surface area contributed by atoms with Gasteiger partial charge in [-0.25, -0.2) is 0 Å². The number of likely N-dealkylation sites (tertiary alicyclic amines) is 1. The first-order valence-electron chi connectivity index (χ1n) is 8.24. The summed E-state index contributed by atoms with van der Waals surface area (Å²) in [6, 6.07) is -0.395. The Morgan fingerprint density at radius 2 is 2.05 bits per heavy atom. The van der Waals surface area contributed by atoms with Gasteiger partial charge in [0.05, 0.1) is 18.2 Å². The minimum Gasteiger partial charge on any atom is -0.392 e. The maximum absolute atomic E-state index is 12.3. The molecular formula is C16H30N2O3. The Hall–Kier alpha value is -0.650. The number of nitrogens with zero attached hydrogens (tertiary/aromatic N) is 1. The molecular weight excluding hydrogens is 268 g/mol. The van der Waals surface area contributed by atoms with Crippen LogP contribution in [0.25, 0.3) is 0 Å². The maximum Gasteiger partial charge on any atom is 0.239 e. The number of aliphatic hydroxyl groups excluding tert-OH is 1. The molecule has 3 atom stereocenters. The van der Waals surface area contributed by atoms with Crippen molar-refractivity contribution in [1.29, 1.82) is 0 Å². The third kappa shape index (κ3) is 3.25. The van der Waals surface area contributed by atoms with Gasteiger partial charge in [-0.2, -0.15) is 0 Å². The number of amides is 1. The van der Waals surface area contributed by atoms with Gasteiger partial charge in [-0.3, -0.25) is 4.79 Å². The number of carbonyl (C=O) groups is 1. The summed E-state index contributed by atoms with van der Waals surface area (Å²) in [5.74, 6) is 0.483. The minimum absolute atomic E-state index is 0.0559. The summed E-state index contributed by atoms with van der Waals surface area (Å²) in [4.78, 5) is 14.2. The number of carbonyl (C=O) groups excluding carboxylic acids is 1. The molecule has 1 amide bonds. The van der Waals surface area contributed by atoms with E-state index in [9.17, 15) is 9.90 Å². The summed E-state index contributed by atoms with van der Waals surface area (Å²) >= 11 is 0. The molecule has 3 unspecified atom stereocenters. The predicted molar refractivity (Wildman–Crippen MR) is 81.7 cm³/mol. The molecule has 21 heavy (non-hydrogen) atoms. The van der Waals surface area contributed by atoms with Gasteiger partial charge in [0.25, 0.3) is 0 Å². The Labute approximate surface area is 127 Å². The van der Waals surface area contributed by atoms with E-state index < -0.39 is 6.04 Å². The van der Waals surface area contributed by atoms with Crippen molar-refractivity contribution in [2.75, 3.05) is 19.7 Å². The van der Waals surface area contributed by atoms with Crippen molar-refractivity contribution in [1.82, 2.24) is 4.90 Å². The number of rotatable bonds is 5. The van der Waals surface area contributed by atoms with E-state index in [1.807, 2.05) is 11.8 Å². The first kappa shape index (κ1) is 16.7. The summed E-state index contributed by atoms with van der Waals surface area (Å²) in [5.41, 5.74) is 5.87. The van der Waals surface area contributed by atoms with Crippen molar-refractivity contribution in [3.05, 3.63) is 0 Å². The van der Waals surface area contributed by atoms with E-state index in [1.54, 1.807) is 0 Å². The summed E-state index contributed by atoms with van der Waals surface area (Å²) in [7, 11) is 0. The van der Waals surface area contributed by atoms with E-state index in [0.29, 0.717) is 25.6 Å². The fourth-order valence-corrected chi connectivity index (χ4v) is 3.80. The molecule has 5 heteroatoms. The van der Waals surface area contributed by atoms with Gasteiger partial charge >= 0.3 is 0 Å². The zero-order chi connectivity index (χ0) is 15.6. The molecule has 1 saturated heterocycles. The Morgan fingerprint density at radius 3 is 2.52 bits per heavy atom. The lowest BCUT2D eigenvalue weighted by molar-refractivity contribution is -0.210. The SMILES string of the molecule is CCOC1CC(O)C12CCN(C(=O)C(N)CC(C)C)CC2. The van der Waals surface area contributed by atoms with E-state index in [-0.39, 0.29) is 23.5 Å². The van der Waals surface area contributed by atoms with Crippen LogP contribution in [0, 0.1) is 11.3 Å². The fourth-order valence-electron chi connectivity index (χ4n) is 3.80. The Bertz CT molecular complexity index is 363. The van der Waals surface area contributed by atoms with Crippen LogP contribution in [0.2, 0.25) is 0 Å². The summed E-state index contributed by atoms with van der Waals surface area (Å²) in [5, 5.41) is 10.2. The zero-order valence-corrected chi connectivity index (χ0v) is 13.5. The second-order valence-electron chi connectivity index (χ2n) is 6.99.